The molecule has 148 valence electrons. The highest BCUT2D eigenvalue weighted by Crippen LogP contribution is 2.46. The molecule has 0 N–H and O–H groups in total. The van der Waals surface area contributed by atoms with Gasteiger partial charge in [0, 0.05) is 11.0 Å². The van der Waals surface area contributed by atoms with Gasteiger partial charge in [-0.2, -0.15) is 0 Å². The first-order chi connectivity index (χ1) is 14.6. The molecular formula is C27H23NO2. The molecule has 0 radical (unpaired) electrons. The van der Waals surface area contributed by atoms with E-state index in [-0.39, 0.29) is 11.3 Å². The largest absolute Gasteiger partial charge is 0.469 e. The van der Waals surface area contributed by atoms with Crippen LogP contribution in [0.3, 0.4) is 0 Å². The maximum Gasteiger partial charge on any atom is 0.261 e. The van der Waals surface area contributed by atoms with Crippen molar-refractivity contribution in [3.8, 4) is 5.75 Å². The van der Waals surface area contributed by atoms with E-state index in [9.17, 15) is 4.79 Å². The molecule has 1 atom stereocenters. The summed E-state index contributed by atoms with van der Waals surface area (Å²) < 4.78 is 6.54. The molecule has 0 unspecified atom stereocenters. The number of amides is 1. The molecule has 1 aliphatic rings. The molecule has 4 aromatic rings. The summed E-state index contributed by atoms with van der Waals surface area (Å²) in [6.07, 6.45) is -0.455. The van der Waals surface area contributed by atoms with E-state index in [1.54, 1.807) is 4.90 Å². The standard InChI is InChI=1S/C27H23NO2/c1-27(2)23-14-8-9-15-24(23)28(25(29)20-11-4-3-5-12-20)26(27)30-22-17-16-19-10-6-7-13-21(19)18-22/h3-18,26H,1-2H3/t26-/m1/s1. The molecule has 4 aromatic carbocycles. The molecule has 0 aliphatic carbocycles. The van der Waals surface area contributed by atoms with Crippen molar-refractivity contribution >= 4 is 22.4 Å². The van der Waals surface area contributed by atoms with E-state index in [0.717, 1.165) is 27.8 Å². The Bertz CT molecular complexity index is 1230. The van der Waals surface area contributed by atoms with Crippen LogP contribution in [0.4, 0.5) is 5.69 Å². The molecule has 0 saturated carbocycles. The van der Waals surface area contributed by atoms with Crippen molar-refractivity contribution < 1.29 is 9.53 Å². The second-order valence-electron chi connectivity index (χ2n) is 8.26. The number of para-hydroxylation sites is 1. The van der Waals surface area contributed by atoms with Gasteiger partial charge in [0.15, 0.2) is 6.23 Å². The van der Waals surface area contributed by atoms with Gasteiger partial charge in [0.1, 0.15) is 5.75 Å². The van der Waals surface area contributed by atoms with Crippen LogP contribution in [0.2, 0.25) is 0 Å². The van der Waals surface area contributed by atoms with Crippen molar-refractivity contribution in [3.63, 3.8) is 0 Å². The number of benzene rings is 4. The van der Waals surface area contributed by atoms with Gasteiger partial charge in [0.25, 0.3) is 5.91 Å². The lowest BCUT2D eigenvalue weighted by atomic mass is 9.85. The van der Waals surface area contributed by atoms with Gasteiger partial charge in [-0.15, -0.1) is 0 Å². The molecule has 5 rings (SSSR count). The molecule has 1 aliphatic heterocycles. The third-order valence-corrected chi connectivity index (χ3v) is 5.92. The summed E-state index contributed by atoms with van der Waals surface area (Å²) in [5.41, 5.74) is 2.30. The fourth-order valence-electron chi connectivity index (χ4n) is 4.32. The van der Waals surface area contributed by atoms with Crippen molar-refractivity contribution in [3.05, 3.63) is 108 Å². The van der Waals surface area contributed by atoms with Crippen molar-refractivity contribution in [1.82, 2.24) is 0 Å². The number of anilines is 1. The van der Waals surface area contributed by atoms with E-state index >= 15 is 0 Å². The number of hydrogen-bond donors (Lipinski definition) is 0. The highest BCUT2D eigenvalue weighted by atomic mass is 16.5. The zero-order valence-corrected chi connectivity index (χ0v) is 17.1. The Morgan fingerprint density at radius 1 is 0.800 bits per heavy atom. The number of nitrogens with zero attached hydrogens (tertiary/aromatic N) is 1. The van der Waals surface area contributed by atoms with Crippen molar-refractivity contribution in [1.29, 1.82) is 0 Å². The van der Waals surface area contributed by atoms with Crippen LogP contribution >= 0.6 is 0 Å². The van der Waals surface area contributed by atoms with Gasteiger partial charge in [0.05, 0.1) is 5.69 Å². The summed E-state index contributed by atoms with van der Waals surface area (Å²) in [6.45, 7) is 4.27. The van der Waals surface area contributed by atoms with Crippen molar-refractivity contribution in [2.75, 3.05) is 4.90 Å². The summed E-state index contributed by atoms with van der Waals surface area (Å²) in [5.74, 6) is 0.699. The first-order valence-electron chi connectivity index (χ1n) is 10.2. The monoisotopic (exact) mass is 393 g/mol. The second kappa shape index (κ2) is 7.03. The molecule has 3 nitrogen and oxygen atoms in total. The second-order valence-corrected chi connectivity index (χ2v) is 8.26. The predicted molar refractivity (Wildman–Crippen MR) is 121 cm³/mol. The third kappa shape index (κ3) is 2.94. The molecule has 0 aromatic heterocycles. The Kier molecular flexibility index (Phi) is 4.32. The van der Waals surface area contributed by atoms with Gasteiger partial charge >= 0.3 is 0 Å². The number of carbonyl (C=O) groups excluding carboxylic acids is 1. The maximum absolute atomic E-state index is 13.6. The molecular weight excluding hydrogens is 370 g/mol. The van der Waals surface area contributed by atoms with Crippen molar-refractivity contribution in [2.45, 2.75) is 25.5 Å². The van der Waals surface area contributed by atoms with Gasteiger partial charge in [-0.3, -0.25) is 9.69 Å². The molecule has 0 fully saturated rings. The average molecular weight is 393 g/mol. The number of hydrogen-bond acceptors (Lipinski definition) is 2. The highest BCUT2D eigenvalue weighted by Gasteiger charge is 2.49. The van der Waals surface area contributed by atoms with Crippen LogP contribution in [0.25, 0.3) is 10.8 Å². The molecule has 30 heavy (non-hydrogen) atoms. The Morgan fingerprint density at radius 2 is 1.47 bits per heavy atom. The number of fused-ring (bicyclic) bond motifs is 2. The Hall–Kier alpha value is -3.59. The highest BCUT2D eigenvalue weighted by molar-refractivity contribution is 6.08. The minimum Gasteiger partial charge on any atom is -0.469 e. The predicted octanol–water partition coefficient (Wildman–Crippen LogP) is 6.18. The fraction of sp³-hybridized carbons (Fsp3) is 0.148. The van der Waals surface area contributed by atoms with E-state index in [2.05, 4.69) is 38.1 Å². The van der Waals surface area contributed by atoms with E-state index in [4.69, 9.17) is 4.74 Å². The molecule has 1 heterocycles. The fourth-order valence-corrected chi connectivity index (χ4v) is 4.32. The normalized spacial score (nSPS) is 17.0. The molecule has 0 saturated heterocycles. The Balaban J connectivity index is 1.59. The summed E-state index contributed by atoms with van der Waals surface area (Å²) >= 11 is 0. The van der Waals surface area contributed by atoms with Crippen molar-refractivity contribution in [2.24, 2.45) is 0 Å². The van der Waals surface area contributed by atoms with E-state index in [1.807, 2.05) is 72.8 Å². The molecule has 3 heteroatoms. The number of ether oxygens (including phenoxy) is 1. The summed E-state index contributed by atoms with van der Waals surface area (Å²) in [6, 6.07) is 31.8. The number of carbonyl (C=O) groups is 1. The van der Waals surface area contributed by atoms with Crippen LogP contribution in [-0.2, 0) is 5.41 Å². The first-order valence-corrected chi connectivity index (χ1v) is 10.2. The van der Waals surface area contributed by atoms with E-state index < -0.39 is 6.23 Å². The van der Waals surface area contributed by atoms with Crippen LogP contribution in [0.5, 0.6) is 5.75 Å². The van der Waals surface area contributed by atoms with Crippen LogP contribution in [0.1, 0.15) is 29.8 Å². The van der Waals surface area contributed by atoms with Crippen LogP contribution in [0, 0.1) is 0 Å². The van der Waals surface area contributed by atoms with Gasteiger partial charge in [-0.1, -0.05) is 80.6 Å². The van der Waals surface area contributed by atoms with Gasteiger partial charge < -0.3 is 4.74 Å². The zero-order valence-electron chi connectivity index (χ0n) is 17.1. The minimum absolute atomic E-state index is 0.0561. The third-order valence-electron chi connectivity index (χ3n) is 5.92. The van der Waals surface area contributed by atoms with Crippen LogP contribution < -0.4 is 9.64 Å². The Labute approximate surface area is 176 Å². The summed E-state index contributed by atoms with van der Waals surface area (Å²) in [7, 11) is 0. The lowest BCUT2D eigenvalue weighted by Gasteiger charge is -2.33. The molecule has 0 bridgehead atoms. The first kappa shape index (κ1) is 18.4. The average Bonchev–Trinajstić information content (AvgIpc) is 3.00. The molecule has 0 spiro atoms. The van der Waals surface area contributed by atoms with E-state index in [1.165, 1.54) is 0 Å². The van der Waals surface area contributed by atoms with Crippen LogP contribution in [0.15, 0.2) is 97.1 Å². The Morgan fingerprint density at radius 3 is 2.27 bits per heavy atom. The van der Waals surface area contributed by atoms with Gasteiger partial charge in [-0.05, 0) is 46.7 Å². The lowest BCUT2D eigenvalue weighted by molar-refractivity contribution is 0.0848. The minimum atomic E-state index is -0.455. The zero-order chi connectivity index (χ0) is 20.7. The van der Waals surface area contributed by atoms with Gasteiger partial charge in [0.2, 0.25) is 0 Å². The topological polar surface area (TPSA) is 29.5 Å². The van der Waals surface area contributed by atoms with Gasteiger partial charge in [-0.25, -0.2) is 0 Å². The smallest absolute Gasteiger partial charge is 0.261 e. The summed E-state index contributed by atoms with van der Waals surface area (Å²) in [5, 5.41) is 2.28. The number of rotatable bonds is 3. The summed E-state index contributed by atoms with van der Waals surface area (Å²) in [4.78, 5) is 15.4. The maximum atomic E-state index is 13.6. The van der Waals surface area contributed by atoms with Crippen LogP contribution in [-0.4, -0.2) is 12.1 Å². The lowest BCUT2D eigenvalue weighted by Crippen LogP contribution is -2.48. The molecule has 1 amide bonds. The SMILES string of the molecule is CC1(C)c2ccccc2N(C(=O)c2ccccc2)[C@@H]1Oc1ccc2ccccc2c1. The van der Waals surface area contributed by atoms with E-state index in [0.29, 0.717) is 5.56 Å². The quantitative estimate of drug-likeness (QED) is 0.416.